The van der Waals surface area contributed by atoms with E-state index in [1.54, 1.807) is 24.0 Å². The molecular weight excluding hydrogens is 236 g/mol. The smallest absolute Gasteiger partial charge is 0.237 e. The van der Waals surface area contributed by atoms with Crippen LogP contribution >= 0.6 is 11.8 Å². The third-order valence-electron chi connectivity index (χ3n) is 2.55. The average Bonchev–Trinajstić information content (AvgIpc) is 3.09. The van der Waals surface area contributed by atoms with Crippen LogP contribution in [0.2, 0.25) is 0 Å². The van der Waals surface area contributed by atoms with E-state index in [-0.39, 0.29) is 0 Å². The van der Waals surface area contributed by atoms with Crippen molar-refractivity contribution >= 4 is 17.6 Å². The minimum Gasteiger partial charge on any atom is -0.384 e. The fourth-order valence-corrected chi connectivity index (χ4v) is 2.16. The minimum absolute atomic E-state index is 0.531. The molecule has 2 aromatic heterocycles. The summed E-state index contributed by atoms with van der Waals surface area (Å²) in [6.45, 7) is 0. The van der Waals surface area contributed by atoms with Crippen molar-refractivity contribution in [1.82, 2.24) is 15.1 Å². The summed E-state index contributed by atoms with van der Waals surface area (Å²) in [5.41, 5.74) is 5.52. The van der Waals surface area contributed by atoms with E-state index in [1.165, 1.54) is 12.8 Å². The Morgan fingerprint density at radius 1 is 1.41 bits per heavy atom. The zero-order valence-corrected chi connectivity index (χ0v) is 9.98. The van der Waals surface area contributed by atoms with E-state index in [4.69, 9.17) is 10.3 Å². The lowest BCUT2D eigenvalue weighted by molar-refractivity contribution is 0.385. The quantitative estimate of drug-likeness (QED) is 0.836. The second-order valence-electron chi connectivity index (χ2n) is 4.03. The number of hydrogen-bond donors (Lipinski definition) is 1. The van der Waals surface area contributed by atoms with Gasteiger partial charge in [0.05, 0.1) is 5.75 Å². The third-order valence-corrected chi connectivity index (χ3v) is 3.51. The minimum atomic E-state index is 0.531. The van der Waals surface area contributed by atoms with Crippen LogP contribution in [0.3, 0.4) is 0 Å². The number of pyridine rings is 1. The number of nitrogens with two attached hydrogens (primary N) is 1. The summed E-state index contributed by atoms with van der Waals surface area (Å²) in [5, 5.41) is 3.97. The number of thioether (sulfide) groups is 1. The summed E-state index contributed by atoms with van der Waals surface area (Å²) in [6.07, 6.45) is 4.13. The van der Waals surface area contributed by atoms with E-state index < -0.39 is 0 Å². The van der Waals surface area contributed by atoms with Gasteiger partial charge < -0.3 is 10.3 Å². The van der Waals surface area contributed by atoms with Gasteiger partial charge >= 0.3 is 0 Å². The highest BCUT2D eigenvalue weighted by Gasteiger charge is 2.28. The van der Waals surface area contributed by atoms with E-state index in [1.807, 2.05) is 6.07 Å². The van der Waals surface area contributed by atoms with E-state index in [2.05, 4.69) is 15.1 Å². The molecule has 0 aliphatic heterocycles. The highest BCUT2D eigenvalue weighted by molar-refractivity contribution is 7.98. The largest absolute Gasteiger partial charge is 0.384 e. The number of anilines is 1. The van der Waals surface area contributed by atoms with E-state index in [0.717, 1.165) is 10.7 Å². The molecule has 1 aliphatic carbocycles. The molecular formula is C11H12N4OS. The van der Waals surface area contributed by atoms with Crippen LogP contribution in [-0.2, 0) is 5.75 Å². The maximum atomic E-state index is 5.52. The van der Waals surface area contributed by atoms with Gasteiger partial charge in [-0.15, -0.1) is 11.8 Å². The van der Waals surface area contributed by atoms with Crippen molar-refractivity contribution in [2.75, 3.05) is 5.73 Å². The predicted octanol–water partition coefficient (Wildman–Crippen LogP) is 2.22. The van der Waals surface area contributed by atoms with Gasteiger partial charge in [0.1, 0.15) is 5.82 Å². The SMILES string of the molecule is Nc1ccc(SCc2nc(C3CC3)no2)cn1. The predicted molar refractivity (Wildman–Crippen MR) is 64.5 cm³/mol. The van der Waals surface area contributed by atoms with Gasteiger partial charge in [0.2, 0.25) is 5.89 Å². The second kappa shape index (κ2) is 4.37. The Labute approximate surface area is 103 Å². The van der Waals surface area contributed by atoms with Gasteiger partial charge in [0, 0.05) is 17.0 Å². The molecule has 1 fully saturated rings. The molecule has 2 heterocycles. The first kappa shape index (κ1) is 10.6. The monoisotopic (exact) mass is 248 g/mol. The molecule has 0 spiro atoms. The van der Waals surface area contributed by atoms with Crippen LogP contribution in [0.25, 0.3) is 0 Å². The number of nitrogen functional groups attached to an aromatic ring is 1. The lowest BCUT2D eigenvalue weighted by Gasteiger charge is -1.97. The molecule has 88 valence electrons. The summed E-state index contributed by atoms with van der Waals surface area (Å²) in [7, 11) is 0. The molecule has 0 radical (unpaired) electrons. The van der Waals surface area contributed by atoms with Crippen LogP contribution < -0.4 is 5.73 Å². The highest BCUT2D eigenvalue weighted by atomic mass is 32.2. The Morgan fingerprint density at radius 2 is 2.29 bits per heavy atom. The molecule has 0 atom stereocenters. The second-order valence-corrected chi connectivity index (χ2v) is 5.08. The number of hydrogen-bond acceptors (Lipinski definition) is 6. The normalized spacial score (nSPS) is 15.1. The lowest BCUT2D eigenvalue weighted by atomic mass is 10.4. The molecule has 1 aliphatic rings. The van der Waals surface area contributed by atoms with Gasteiger partial charge in [0.15, 0.2) is 5.82 Å². The van der Waals surface area contributed by atoms with Gasteiger partial charge in [-0.1, -0.05) is 5.16 Å². The van der Waals surface area contributed by atoms with Gasteiger partial charge in [0.25, 0.3) is 0 Å². The first-order chi connectivity index (χ1) is 8.31. The van der Waals surface area contributed by atoms with Crippen molar-refractivity contribution in [2.45, 2.75) is 29.4 Å². The fraction of sp³-hybridized carbons (Fsp3) is 0.364. The van der Waals surface area contributed by atoms with Crippen molar-refractivity contribution in [3.8, 4) is 0 Å². The molecule has 1 saturated carbocycles. The van der Waals surface area contributed by atoms with Gasteiger partial charge in [-0.2, -0.15) is 4.98 Å². The summed E-state index contributed by atoms with van der Waals surface area (Å²) in [6, 6.07) is 3.72. The molecule has 2 N–H and O–H groups in total. The molecule has 0 amide bonds. The summed E-state index contributed by atoms with van der Waals surface area (Å²) < 4.78 is 5.18. The van der Waals surface area contributed by atoms with Crippen molar-refractivity contribution in [3.63, 3.8) is 0 Å². The van der Waals surface area contributed by atoms with Gasteiger partial charge in [-0.05, 0) is 25.0 Å². The van der Waals surface area contributed by atoms with Crippen LogP contribution in [-0.4, -0.2) is 15.1 Å². The summed E-state index contributed by atoms with van der Waals surface area (Å²) in [4.78, 5) is 9.43. The Morgan fingerprint density at radius 3 is 3.00 bits per heavy atom. The Hall–Kier alpha value is -1.56. The molecule has 0 aromatic carbocycles. The van der Waals surface area contributed by atoms with Crippen LogP contribution in [0.15, 0.2) is 27.7 Å². The van der Waals surface area contributed by atoms with Crippen LogP contribution in [0.5, 0.6) is 0 Å². The molecule has 0 unspecified atom stereocenters. The zero-order chi connectivity index (χ0) is 11.7. The Bertz CT molecular complexity index is 506. The van der Waals surface area contributed by atoms with Crippen molar-refractivity contribution < 1.29 is 4.52 Å². The fourth-order valence-electron chi connectivity index (χ4n) is 1.46. The van der Waals surface area contributed by atoms with Crippen LogP contribution in [0.4, 0.5) is 5.82 Å². The third kappa shape index (κ3) is 2.58. The number of aromatic nitrogens is 3. The molecule has 0 saturated heterocycles. The maximum Gasteiger partial charge on any atom is 0.237 e. The van der Waals surface area contributed by atoms with E-state index in [0.29, 0.717) is 23.4 Å². The number of rotatable bonds is 4. The molecule has 2 aromatic rings. The summed E-state index contributed by atoms with van der Waals surface area (Å²) >= 11 is 1.61. The van der Waals surface area contributed by atoms with Crippen molar-refractivity contribution in [3.05, 3.63) is 30.0 Å². The summed E-state index contributed by atoms with van der Waals surface area (Å²) in [5.74, 6) is 3.27. The van der Waals surface area contributed by atoms with E-state index in [9.17, 15) is 0 Å². The first-order valence-corrected chi connectivity index (χ1v) is 6.46. The Balaban J connectivity index is 1.60. The van der Waals surface area contributed by atoms with Crippen molar-refractivity contribution in [1.29, 1.82) is 0 Å². The molecule has 3 rings (SSSR count). The van der Waals surface area contributed by atoms with Gasteiger partial charge in [-0.3, -0.25) is 0 Å². The standard InChI is InChI=1S/C11H12N4OS/c12-9-4-3-8(5-13-9)17-6-10-14-11(15-16-10)7-1-2-7/h3-5,7H,1-2,6H2,(H2,12,13). The lowest BCUT2D eigenvalue weighted by Crippen LogP contribution is -1.88. The maximum absolute atomic E-state index is 5.52. The highest BCUT2D eigenvalue weighted by Crippen LogP contribution is 2.38. The van der Waals surface area contributed by atoms with Gasteiger partial charge in [-0.25, -0.2) is 4.98 Å². The van der Waals surface area contributed by atoms with Crippen molar-refractivity contribution in [2.24, 2.45) is 0 Å². The Kier molecular flexibility index (Phi) is 2.72. The van der Waals surface area contributed by atoms with Crippen LogP contribution in [0.1, 0.15) is 30.5 Å². The molecule has 17 heavy (non-hydrogen) atoms. The molecule has 6 heteroatoms. The zero-order valence-electron chi connectivity index (χ0n) is 9.17. The topological polar surface area (TPSA) is 77.8 Å². The first-order valence-electron chi connectivity index (χ1n) is 5.48. The number of nitrogens with zero attached hydrogens (tertiary/aromatic N) is 3. The van der Waals surface area contributed by atoms with Crippen LogP contribution in [0, 0.1) is 0 Å². The molecule has 0 bridgehead atoms. The molecule has 5 nitrogen and oxygen atoms in total. The van der Waals surface area contributed by atoms with E-state index >= 15 is 0 Å². The average molecular weight is 248 g/mol.